The van der Waals surface area contributed by atoms with Crippen molar-refractivity contribution in [1.29, 1.82) is 5.26 Å². The van der Waals surface area contributed by atoms with Crippen LogP contribution in [-0.4, -0.2) is 5.78 Å². The van der Waals surface area contributed by atoms with Gasteiger partial charge >= 0.3 is 0 Å². The average molecular weight is 249 g/mol. The molecule has 0 amide bonds. The van der Waals surface area contributed by atoms with E-state index in [1.165, 1.54) is 5.56 Å². The first-order chi connectivity index (χ1) is 9.26. The van der Waals surface area contributed by atoms with E-state index in [1.807, 2.05) is 42.5 Å². The number of ketones is 1. The van der Waals surface area contributed by atoms with Crippen molar-refractivity contribution in [1.82, 2.24) is 0 Å². The number of aryl methyl sites for hydroxylation is 1. The second kappa shape index (κ2) is 5.97. The molecule has 0 spiro atoms. The summed E-state index contributed by atoms with van der Waals surface area (Å²) < 4.78 is 0. The fourth-order valence-electron chi connectivity index (χ4n) is 2.00. The number of carbonyl (C=O) groups is 1. The zero-order valence-corrected chi connectivity index (χ0v) is 10.8. The van der Waals surface area contributed by atoms with Crippen LogP contribution in [-0.2, 0) is 6.42 Å². The van der Waals surface area contributed by atoms with Crippen LogP contribution in [0.5, 0.6) is 0 Å². The van der Waals surface area contributed by atoms with Gasteiger partial charge in [-0.05, 0) is 17.5 Å². The van der Waals surface area contributed by atoms with E-state index < -0.39 is 5.92 Å². The summed E-state index contributed by atoms with van der Waals surface area (Å²) in [6, 6.07) is 18.7. The minimum Gasteiger partial charge on any atom is -0.292 e. The fourth-order valence-corrected chi connectivity index (χ4v) is 2.00. The molecule has 0 saturated heterocycles. The molecule has 0 fully saturated rings. The van der Waals surface area contributed by atoms with Crippen LogP contribution in [0.4, 0.5) is 0 Å². The van der Waals surface area contributed by atoms with E-state index in [0.29, 0.717) is 5.56 Å². The van der Waals surface area contributed by atoms with E-state index in [-0.39, 0.29) is 5.78 Å². The van der Waals surface area contributed by atoms with E-state index >= 15 is 0 Å². The van der Waals surface area contributed by atoms with Crippen molar-refractivity contribution in [3.63, 3.8) is 0 Å². The molecule has 0 aliphatic rings. The summed E-state index contributed by atoms with van der Waals surface area (Å²) in [5.74, 6) is -0.870. The number of benzene rings is 2. The lowest BCUT2D eigenvalue weighted by Crippen LogP contribution is -2.11. The Hall–Kier alpha value is -2.40. The third-order valence-electron chi connectivity index (χ3n) is 3.17. The Bertz CT molecular complexity index is 593. The minimum atomic E-state index is -0.728. The third kappa shape index (κ3) is 2.89. The quantitative estimate of drug-likeness (QED) is 0.774. The second-order valence-electron chi connectivity index (χ2n) is 4.39. The zero-order chi connectivity index (χ0) is 13.7. The maximum atomic E-state index is 12.4. The predicted octanol–water partition coefficient (Wildman–Crippen LogP) is 3.74. The van der Waals surface area contributed by atoms with Crippen molar-refractivity contribution in [3.8, 4) is 6.07 Å². The van der Waals surface area contributed by atoms with Gasteiger partial charge in [0.15, 0.2) is 5.78 Å². The van der Waals surface area contributed by atoms with Crippen molar-refractivity contribution in [3.05, 3.63) is 71.3 Å². The van der Waals surface area contributed by atoms with Crippen LogP contribution in [0.2, 0.25) is 0 Å². The predicted molar refractivity (Wildman–Crippen MR) is 74.9 cm³/mol. The van der Waals surface area contributed by atoms with Crippen molar-refractivity contribution in [2.45, 2.75) is 19.3 Å². The number of Topliss-reactive ketones (excluding diaryl/α,β-unsaturated/α-hetero) is 1. The van der Waals surface area contributed by atoms with Crippen LogP contribution in [0, 0.1) is 11.3 Å². The highest BCUT2D eigenvalue weighted by molar-refractivity contribution is 6.02. The fraction of sp³-hybridized carbons (Fsp3) is 0.176. The van der Waals surface area contributed by atoms with E-state index in [4.69, 9.17) is 0 Å². The highest BCUT2D eigenvalue weighted by atomic mass is 16.1. The number of nitrogens with zero attached hydrogens (tertiary/aromatic N) is 1. The first-order valence-corrected chi connectivity index (χ1v) is 6.34. The van der Waals surface area contributed by atoms with Crippen LogP contribution in [0.1, 0.15) is 34.3 Å². The van der Waals surface area contributed by atoms with Crippen LogP contribution < -0.4 is 0 Å². The molecule has 0 bridgehead atoms. The molecule has 0 saturated carbocycles. The SMILES string of the molecule is CCc1ccc(C(=O)C(C#N)c2ccccc2)cc1. The Morgan fingerprint density at radius 3 is 2.26 bits per heavy atom. The molecule has 94 valence electrons. The van der Waals surface area contributed by atoms with Crippen molar-refractivity contribution in [2.75, 3.05) is 0 Å². The standard InChI is InChI=1S/C17H15NO/c1-2-13-8-10-15(11-9-13)17(19)16(12-18)14-6-4-3-5-7-14/h3-11,16H,2H2,1H3. The Balaban J connectivity index is 2.29. The molecule has 1 atom stereocenters. The molecule has 0 N–H and O–H groups in total. The van der Waals surface area contributed by atoms with Crippen LogP contribution >= 0.6 is 0 Å². The Morgan fingerprint density at radius 1 is 1.11 bits per heavy atom. The van der Waals surface area contributed by atoms with Gasteiger partial charge in [-0.3, -0.25) is 4.79 Å². The van der Waals surface area contributed by atoms with Gasteiger partial charge in [0, 0.05) is 5.56 Å². The van der Waals surface area contributed by atoms with Crippen molar-refractivity contribution < 1.29 is 4.79 Å². The van der Waals surface area contributed by atoms with Gasteiger partial charge in [-0.2, -0.15) is 5.26 Å². The first-order valence-electron chi connectivity index (χ1n) is 6.34. The summed E-state index contributed by atoms with van der Waals surface area (Å²) in [6.07, 6.45) is 0.939. The molecule has 2 heteroatoms. The number of carbonyl (C=O) groups excluding carboxylic acids is 1. The van der Waals surface area contributed by atoms with Gasteiger partial charge in [0.25, 0.3) is 0 Å². The summed E-state index contributed by atoms with van der Waals surface area (Å²) in [5.41, 5.74) is 2.52. The van der Waals surface area contributed by atoms with E-state index in [9.17, 15) is 10.1 Å². The Morgan fingerprint density at radius 2 is 1.74 bits per heavy atom. The maximum absolute atomic E-state index is 12.4. The van der Waals surface area contributed by atoms with Gasteiger partial charge in [-0.1, -0.05) is 61.5 Å². The summed E-state index contributed by atoms with van der Waals surface area (Å²) >= 11 is 0. The molecule has 2 rings (SSSR count). The van der Waals surface area contributed by atoms with E-state index in [1.54, 1.807) is 12.1 Å². The molecule has 0 heterocycles. The van der Waals surface area contributed by atoms with Gasteiger partial charge in [-0.15, -0.1) is 0 Å². The smallest absolute Gasteiger partial charge is 0.184 e. The van der Waals surface area contributed by atoms with Crippen molar-refractivity contribution >= 4 is 5.78 Å². The van der Waals surface area contributed by atoms with Gasteiger partial charge in [0.2, 0.25) is 0 Å². The average Bonchev–Trinajstić information content (AvgIpc) is 2.49. The van der Waals surface area contributed by atoms with Crippen LogP contribution in [0.25, 0.3) is 0 Å². The van der Waals surface area contributed by atoms with Crippen molar-refractivity contribution in [2.24, 2.45) is 0 Å². The Labute approximate surface area is 113 Å². The highest BCUT2D eigenvalue weighted by Crippen LogP contribution is 2.20. The molecule has 0 radical (unpaired) electrons. The summed E-state index contributed by atoms with van der Waals surface area (Å²) in [4.78, 5) is 12.4. The first kappa shape index (κ1) is 13.0. The molecular weight excluding hydrogens is 234 g/mol. The molecule has 19 heavy (non-hydrogen) atoms. The topological polar surface area (TPSA) is 40.9 Å². The minimum absolute atomic E-state index is 0.142. The summed E-state index contributed by atoms with van der Waals surface area (Å²) in [6.45, 7) is 2.07. The zero-order valence-electron chi connectivity index (χ0n) is 10.8. The molecule has 2 aromatic carbocycles. The molecule has 2 aromatic rings. The molecule has 0 aliphatic carbocycles. The van der Waals surface area contributed by atoms with E-state index in [0.717, 1.165) is 12.0 Å². The van der Waals surface area contributed by atoms with Crippen LogP contribution in [0.15, 0.2) is 54.6 Å². The normalized spacial score (nSPS) is 11.6. The Kier molecular flexibility index (Phi) is 4.10. The lowest BCUT2D eigenvalue weighted by Gasteiger charge is -2.09. The largest absolute Gasteiger partial charge is 0.292 e. The molecular formula is C17H15NO. The summed E-state index contributed by atoms with van der Waals surface area (Å²) in [7, 11) is 0. The van der Waals surface area contributed by atoms with Gasteiger partial charge < -0.3 is 0 Å². The van der Waals surface area contributed by atoms with Gasteiger partial charge in [-0.25, -0.2) is 0 Å². The number of hydrogen-bond donors (Lipinski definition) is 0. The second-order valence-corrected chi connectivity index (χ2v) is 4.39. The number of rotatable bonds is 4. The summed E-state index contributed by atoms with van der Waals surface area (Å²) in [5, 5.41) is 9.24. The molecule has 2 nitrogen and oxygen atoms in total. The molecule has 0 aliphatic heterocycles. The maximum Gasteiger partial charge on any atom is 0.184 e. The van der Waals surface area contributed by atoms with Crippen LogP contribution in [0.3, 0.4) is 0 Å². The number of nitriles is 1. The molecule has 0 aromatic heterocycles. The van der Waals surface area contributed by atoms with E-state index in [2.05, 4.69) is 13.0 Å². The highest BCUT2D eigenvalue weighted by Gasteiger charge is 2.21. The number of hydrogen-bond acceptors (Lipinski definition) is 2. The lowest BCUT2D eigenvalue weighted by atomic mass is 9.91. The molecule has 1 unspecified atom stereocenters. The monoisotopic (exact) mass is 249 g/mol. The lowest BCUT2D eigenvalue weighted by molar-refractivity contribution is 0.0979. The van der Waals surface area contributed by atoms with Gasteiger partial charge in [0.05, 0.1) is 6.07 Å². The van der Waals surface area contributed by atoms with Gasteiger partial charge in [0.1, 0.15) is 5.92 Å². The third-order valence-corrected chi connectivity index (χ3v) is 3.17.